The number of methoxy groups -OCH3 is 2. The first-order chi connectivity index (χ1) is 14.6. The van der Waals surface area contributed by atoms with Crippen LogP contribution >= 0.6 is 0 Å². The highest BCUT2D eigenvalue weighted by molar-refractivity contribution is 7.89. The van der Waals surface area contributed by atoms with Crippen molar-refractivity contribution < 1.29 is 27.5 Å². The van der Waals surface area contributed by atoms with Gasteiger partial charge in [-0.2, -0.15) is 4.31 Å². The molecule has 31 heavy (non-hydrogen) atoms. The van der Waals surface area contributed by atoms with Crippen molar-refractivity contribution in [2.24, 2.45) is 5.92 Å². The number of carbonyl (C=O) groups is 2. The van der Waals surface area contributed by atoms with E-state index in [-0.39, 0.29) is 48.3 Å². The van der Waals surface area contributed by atoms with Crippen molar-refractivity contribution in [1.29, 1.82) is 0 Å². The van der Waals surface area contributed by atoms with Crippen LogP contribution in [0.4, 0.5) is 0 Å². The first-order valence-electron chi connectivity index (χ1n) is 10.4. The largest absolute Gasteiger partial charge is 0.493 e. The zero-order valence-corrected chi connectivity index (χ0v) is 19.7. The third-order valence-corrected chi connectivity index (χ3v) is 7.17. The maximum absolute atomic E-state index is 13.1. The van der Waals surface area contributed by atoms with Gasteiger partial charge in [-0.1, -0.05) is 0 Å². The van der Waals surface area contributed by atoms with E-state index < -0.39 is 10.0 Å². The minimum absolute atomic E-state index is 0.00586. The van der Waals surface area contributed by atoms with Crippen LogP contribution in [0.25, 0.3) is 0 Å². The summed E-state index contributed by atoms with van der Waals surface area (Å²) in [7, 11) is -0.782. The Morgan fingerprint density at radius 3 is 2.29 bits per heavy atom. The van der Waals surface area contributed by atoms with Crippen molar-refractivity contribution in [2.75, 3.05) is 40.4 Å². The van der Waals surface area contributed by atoms with Gasteiger partial charge in [0, 0.05) is 37.7 Å². The Balaban J connectivity index is 2.04. The maximum atomic E-state index is 13.1. The van der Waals surface area contributed by atoms with E-state index in [1.54, 1.807) is 6.07 Å². The minimum Gasteiger partial charge on any atom is -0.493 e. The van der Waals surface area contributed by atoms with Crippen molar-refractivity contribution >= 4 is 21.8 Å². The van der Waals surface area contributed by atoms with Gasteiger partial charge in [0.1, 0.15) is 0 Å². The number of hydrogen-bond donors (Lipinski definition) is 1. The summed E-state index contributed by atoms with van der Waals surface area (Å²) in [5.41, 5.74) is 0. The molecule has 0 spiro atoms. The first-order valence-corrected chi connectivity index (χ1v) is 11.9. The molecule has 1 saturated heterocycles. The normalized spacial score (nSPS) is 15.5. The molecule has 2 rings (SSSR count). The summed E-state index contributed by atoms with van der Waals surface area (Å²) in [6.45, 7) is 6.48. The van der Waals surface area contributed by atoms with E-state index in [1.807, 2.05) is 20.8 Å². The Labute approximate surface area is 184 Å². The SMILES string of the molecule is CCN(CC(=O)NC(C)C)C(=O)C1CCN(S(=O)(=O)c2ccc(OC)c(OC)c2)CC1. The van der Waals surface area contributed by atoms with Gasteiger partial charge < -0.3 is 19.7 Å². The van der Waals surface area contributed by atoms with Gasteiger partial charge in [0.05, 0.1) is 25.7 Å². The molecule has 174 valence electrons. The van der Waals surface area contributed by atoms with E-state index in [1.165, 1.54) is 35.6 Å². The van der Waals surface area contributed by atoms with E-state index in [0.29, 0.717) is 30.9 Å². The summed E-state index contributed by atoms with van der Waals surface area (Å²) in [6, 6.07) is 4.49. The Hall–Kier alpha value is -2.33. The summed E-state index contributed by atoms with van der Waals surface area (Å²) >= 11 is 0. The van der Waals surface area contributed by atoms with E-state index in [4.69, 9.17) is 9.47 Å². The fourth-order valence-electron chi connectivity index (χ4n) is 3.61. The summed E-state index contributed by atoms with van der Waals surface area (Å²) in [5.74, 6) is 0.186. The molecule has 0 unspecified atom stereocenters. The van der Waals surface area contributed by atoms with E-state index in [9.17, 15) is 18.0 Å². The molecule has 0 bridgehead atoms. The van der Waals surface area contributed by atoms with E-state index in [2.05, 4.69) is 5.32 Å². The molecule has 0 radical (unpaired) electrons. The lowest BCUT2D eigenvalue weighted by atomic mass is 9.96. The van der Waals surface area contributed by atoms with Crippen LogP contribution in [-0.4, -0.2) is 75.9 Å². The number of hydrogen-bond acceptors (Lipinski definition) is 6. The Morgan fingerprint density at radius 2 is 1.77 bits per heavy atom. The van der Waals surface area contributed by atoms with Crippen LogP contribution < -0.4 is 14.8 Å². The third-order valence-electron chi connectivity index (χ3n) is 5.27. The molecule has 1 aliphatic rings. The number of benzene rings is 1. The van der Waals surface area contributed by atoms with Crippen LogP contribution in [0.2, 0.25) is 0 Å². The summed E-state index contributed by atoms with van der Waals surface area (Å²) in [5, 5.41) is 2.79. The van der Waals surface area contributed by atoms with Crippen LogP contribution in [0.5, 0.6) is 11.5 Å². The predicted molar refractivity (Wildman–Crippen MR) is 117 cm³/mol. The highest BCUT2D eigenvalue weighted by atomic mass is 32.2. The van der Waals surface area contributed by atoms with Crippen LogP contribution in [0.3, 0.4) is 0 Å². The van der Waals surface area contributed by atoms with Crippen LogP contribution in [0.15, 0.2) is 23.1 Å². The van der Waals surface area contributed by atoms with Crippen molar-refractivity contribution in [2.45, 2.75) is 44.6 Å². The molecule has 0 aromatic heterocycles. The fraction of sp³-hybridized carbons (Fsp3) is 0.619. The van der Waals surface area contributed by atoms with Crippen molar-refractivity contribution in [3.63, 3.8) is 0 Å². The Morgan fingerprint density at radius 1 is 1.16 bits per heavy atom. The number of nitrogens with zero attached hydrogens (tertiary/aromatic N) is 2. The highest BCUT2D eigenvalue weighted by Gasteiger charge is 2.34. The molecule has 1 N–H and O–H groups in total. The van der Waals surface area contributed by atoms with Gasteiger partial charge in [-0.25, -0.2) is 8.42 Å². The molecular weight excluding hydrogens is 422 g/mol. The van der Waals surface area contributed by atoms with Crippen molar-refractivity contribution in [3.05, 3.63) is 18.2 Å². The lowest BCUT2D eigenvalue weighted by molar-refractivity contribution is -0.140. The predicted octanol–water partition coefficient (Wildman–Crippen LogP) is 1.48. The van der Waals surface area contributed by atoms with Gasteiger partial charge in [0.25, 0.3) is 0 Å². The average molecular weight is 456 g/mol. The monoisotopic (exact) mass is 455 g/mol. The molecule has 0 saturated carbocycles. The highest BCUT2D eigenvalue weighted by Crippen LogP contribution is 2.32. The molecule has 1 aromatic rings. The third kappa shape index (κ3) is 6.10. The molecule has 0 aliphatic carbocycles. The standard InChI is InChI=1S/C21H33N3O6S/c1-6-23(14-20(25)22-15(2)3)21(26)16-9-11-24(12-10-16)31(27,28)17-7-8-18(29-4)19(13-17)30-5/h7-8,13,15-16H,6,9-12,14H2,1-5H3,(H,22,25). The number of ether oxygens (including phenoxy) is 2. The van der Waals surface area contributed by atoms with E-state index >= 15 is 0 Å². The smallest absolute Gasteiger partial charge is 0.243 e. The average Bonchev–Trinajstić information content (AvgIpc) is 2.75. The van der Waals surface area contributed by atoms with Crippen molar-refractivity contribution in [1.82, 2.24) is 14.5 Å². The lowest BCUT2D eigenvalue weighted by Gasteiger charge is -2.33. The lowest BCUT2D eigenvalue weighted by Crippen LogP contribution is -2.47. The van der Waals surface area contributed by atoms with Crippen molar-refractivity contribution in [3.8, 4) is 11.5 Å². The van der Waals surface area contributed by atoms with Gasteiger partial charge in [-0.15, -0.1) is 0 Å². The second-order valence-electron chi connectivity index (χ2n) is 7.77. The summed E-state index contributed by atoms with van der Waals surface area (Å²) in [4.78, 5) is 26.6. The quantitative estimate of drug-likeness (QED) is 0.605. The zero-order valence-electron chi connectivity index (χ0n) is 18.9. The molecule has 1 heterocycles. The van der Waals surface area contributed by atoms with E-state index in [0.717, 1.165) is 0 Å². The Kier molecular flexibility index (Phi) is 8.69. The van der Waals surface area contributed by atoms with Gasteiger partial charge in [0.15, 0.2) is 11.5 Å². The molecular formula is C21H33N3O6S. The molecule has 1 aromatic carbocycles. The topological polar surface area (TPSA) is 105 Å². The number of piperidine rings is 1. The van der Waals surface area contributed by atoms with Gasteiger partial charge >= 0.3 is 0 Å². The Bertz CT molecular complexity index is 879. The second kappa shape index (κ2) is 10.8. The summed E-state index contributed by atoms with van der Waals surface area (Å²) < 4.78 is 37.9. The number of rotatable bonds is 9. The number of nitrogens with one attached hydrogen (secondary N) is 1. The van der Waals surface area contributed by atoms with Gasteiger partial charge in [-0.05, 0) is 45.7 Å². The van der Waals surface area contributed by atoms with Gasteiger partial charge in [0.2, 0.25) is 21.8 Å². The first kappa shape index (κ1) is 24.9. The number of sulfonamides is 1. The van der Waals surface area contributed by atoms with Crippen LogP contribution in [0.1, 0.15) is 33.6 Å². The summed E-state index contributed by atoms with van der Waals surface area (Å²) in [6.07, 6.45) is 0.821. The molecule has 0 atom stereocenters. The van der Waals surface area contributed by atoms with Gasteiger partial charge in [-0.3, -0.25) is 9.59 Å². The zero-order chi connectivity index (χ0) is 23.2. The second-order valence-corrected chi connectivity index (χ2v) is 9.71. The maximum Gasteiger partial charge on any atom is 0.243 e. The number of carbonyl (C=O) groups excluding carboxylic acids is 2. The van der Waals surface area contributed by atoms with Crippen LogP contribution in [0, 0.1) is 5.92 Å². The van der Waals surface area contributed by atoms with Crippen LogP contribution in [-0.2, 0) is 19.6 Å². The molecule has 1 aliphatic heterocycles. The minimum atomic E-state index is -3.72. The molecule has 9 nitrogen and oxygen atoms in total. The molecule has 2 amide bonds. The number of amides is 2. The fourth-order valence-corrected chi connectivity index (χ4v) is 5.10. The molecule has 10 heteroatoms. The molecule has 1 fully saturated rings. The number of likely N-dealkylation sites (N-methyl/N-ethyl adjacent to an activating group) is 1.